The molecule has 0 aromatic carbocycles. The number of aromatic nitrogens is 2. The van der Waals surface area contributed by atoms with Crippen LogP contribution in [0.2, 0.25) is 0 Å². The van der Waals surface area contributed by atoms with E-state index in [1.54, 1.807) is 29.8 Å². The molecule has 2 atom stereocenters. The molecule has 1 aliphatic rings. The molecule has 0 aliphatic heterocycles. The maximum absolute atomic E-state index is 12.8. The second-order valence-corrected chi connectivity index (χ2v) is 7.60. The largest absolute Gasteiger partial charge is 0.447 e. The lowest BCUT2D eigenvalue weighted by Crippen LogP contribution is -2.25. The quantitative estimate of drug-likeness (QED) is 0.515. The molecule has 0 amide bonds. The Labute approximate surface area is 163 Å². The van der Waals surface area contributed by atoms with Gasteiger partial charge in [-0.05, 0) is 57.7 Å². The van der Waals surface area contributed by atoms with Gasteiger partial charge < -0.3 is 15.0 Å². The van der Waals surface area contributed by atoms with Gasteiger partial charge in [0.25, 0.3) is 0 Å². The van der Waals surface area contributed by atoms with Gasteiger partial charge in [-0.3, -0.25) is 0 Å². The van der Waals surface area contributed by atoms with Crippen molar-refractivity contribution in [1.29, 1.82) is 0 Å². The Morgan fingerprint density at radius 1 is 1.15 bits per heavy atom. The normalized spacial score (nSPS) is 20.7. The Balaban J connectivity index is 0.00000126. The number of thioether (sulfide) groups is 1. The molecule has 0 spiro atoms. The molecule has 2 N–H and O–H groups in total. The zero-order valence-electron chi connectivity index (χ0n) is 16.4. The molecule has 0 saturated heterocycles. The zero-order valence-corrected chi connectivity index (χ0v) is 17.2. The van der Waals surface area contributed by atoms with Gasteiger partial charge in [0.15, 0.2) is 5.82 Å². The highest BCUT2D eigenvalue weighted by molar-refractivity contribution is 8.00. The topological polar surface area (TPSA) is 41.4 Å². The number of rotatable bonds is 4. The summed E-state index contributed by atoms with van der Waals surface area (Å²) in [5.74, 6) is 0.660. The van der Waals surface area contributed by atoms with E-state index in [1.807, 2.05) is 20.9 Å². The van der Waals surface area contributed by atoms with Crippen LogP contribution in [0.3, 0.4) is 0 Å². The summed E-state index contributed by atoms with van der Waals surface area (Å²) in [4.78, 5) is 4.38. The highest BCUT2D eigenvalue weighted by atomic mass is 32.2. The molecule has 3 rings (SSSR count). The molecular weight excluding hydrogens is 373 g/mol. The molecule has 2 aromatic rings. The van der Waals surface area contributed by atoms with Crippen LogP contribution in [0.25, 0.3) is 5.52 Å². The van der Waals surface area contributed by atoms with E-state index in [0.717, 1.165) is 32.1 Å². The summed E-state index contributed by atoms with van der Waals surface area (Å²) >= 11 is -0.0760. The van der Waals surface area contributed by atoms with Gasteiger partial charge in [0, 0.05) is 36.2 Å². The van der Waals surface area contributed by atoms with Crippen molar-refractivity contribution in [2.75, 3.05) is 12.4 Å². The van der Waals surface area contributed by atoms with Crippen LogP contribution in [-0.2, 0) is 0 Å². The standard InChI is InChI=1S/C17H23F3N4S.C2H6/c1-11-10-14-15(23-13-5-3-4-12(21-2)6-7-13)22-8-9-24(14)16(11)25-17(18,19)20;1-2/h8-10,12-13,21H,3-7H2,1-2H3,(H,22,23);1-2H3/t12-,13?;/m0./s1. The number of hydrogen-bond acceptors (Lipinski definition) is 4. The lowest BCUT2D eigenvalue weighted by atomic mass is 10.1. The Morgan fingerprint density at radius 2 is 1.81 bits per heavy atom. The summed E-state index contributed by atoms with van der Waals surface area (Å²) in [6, 6.07) is 2.61. The van der Waals surface area contributed by atoms with Crippen molar-refractivity contribution in [3.05, 3.63) is 24.0 Å². The van der Waals surface area contributed by atoms with E-state index in [2.05, 4.69) is 15.6 Å². The SMILES string of the molecule is CC.CN[C@H]1CCCC(Nc2nccn3c(SC(F)(F)F)c(C)cc23)CC1. The first kappa shape index (κ1) is 21.9. The Kier molecular flexibility index (Phi) is 7.85. The molecule has 1 saturated carbocycles. The maximum Gasteiger partial charge on any atom is 0.447 e. The Bertz CT molecular complexity index is 730. The van der Waals surface area contributed by atoms with Gasteiger partial charge in [-0.1, -0.05) is 13.8 Å². The molecule has 0 radical (unpaired) electrons. The van der Waals surface area contributed by atoms with Crippen molar-refractivity contribution in [2.45, 2.75) is 75.5 Å². The fraction of sp³-hybridized carbons (Fsp3) is 0.632. The fourth-order valence-corrected chi connectivity index (χ4v) is 4.18. The summed E-state index contributed by atoms with van der Waals surface area (Å²) in [6.07, 6.45) is 8.59. The summed E-state index contributed by atoms with van der Waals surface area (Å²) in [5.41, 5.74) is -3.00. The molecule has 1 fully saturated rings. The number of halogens is 3. The number of nitrogens with zero attached hydrogens (tertiary/aromatic N) is 2. The predicted octanol–water partition coefficient (Wildman–Crippen LogP) is 5.61. The summed E-state index contributed by atoms with van der Waals surface area (Å²) in [7, 11) is 1.99. The molecule has 2 aromatic heterocycles. The second kappa shape index (κ2) is 9.68. The Morgan fingerprint density at radius 3 is 2.48 bits per heavy atom. The van der Waals surface area contributed by atoms with Crippen molar-refractivity contribution in [1.82, 2.24) is 14.7 Å². The second-order valence-electron chi connectivity index (χ2n) is 6.55. The van der Waals surface area contributed by atoms with E-state index in [0.29, 0.717) is 29.0 Å². The van der Waals surface area contributed by atoms with Crippen molar-refractivity contribution in [2.24, 2.45) is 0 Å². The molecule has 1 aliphatic carbocycles. The van der Waals surface area contributed by atoms with Gasteiger partial charge in [-0.15, -0.1) is 0 Å². The van der Waals surface area contributed by atoms with Crippen LogP contribution in [0, 0.1) is 6.92 Å². The molecule has 0 bridgehead atoms. The van der Waals surface area contributed by atoms with Crippen LogP contribution < -0.4 is 10.6 Å². The smallest absolute Gasteiger partial charge is 0.366 e. The van der Waals surface area contributed by atoms with E-state index >= 15 is 0 Å². The van der Waals surface area contributed by atoms with Gasteiger partial charge in [-0.2, -0.15) is 13.2 Å². The zero-order chi connectivity index (χ0) is 20.0. The van der Waals surface area contributed by atoms with Crippen LogP contribution in [-0.4, -0.2) is 34.0 Å². The first-order chi connectivity index (χ1) is 12.9. The fourth-order valence-electron chi connectivity index (χ4n) is 3.49. The highest BCUT2D eigenvalue weighted by Crippen LogP contribution is 2.40. The molecule has 1 unspecified atom stereocenters. The van der Waals surface area contributed by atoms with Gasteiger partial charge in [0.1, 0.15) is 0 Å². The minimum Gasteiger partial charge on any atom is -0.366 e. The van der Waals surface area contributed by atoms with Crippen LogP contribution in [0.1, 0.15) is 51.5 Å². The van der Waals surface area contributed by atoms with Gasteiger partial charge in [0.2, 0.25) is 0 Å². The lowest BCUT2D eigenvalue weighted by Gasteiger charge is -2.18. The van der Waals surface area contributed by atoms with Crippen LogP contribution >= 0.6 is 11.8 Å². The molecule has 27 heavy (non-hydrogen) atoms. The van der Waals surface area contributed by atoms with E-state index < -0.39 is 5.51 Å². The van der Waals surface area contributed by atoms with Gasteiger partial charge >= 0.3 is 5.51 Å². The monoisotopic (exact) mass is 402 g/mol. The van der Waals surface area contributed by atoms with Crippen molar-refractivity contribution < 1.29 is 13.2 Å². The average molecular weight is 403 g/mol. The number of hydrogen-bond donors (Lipinski definition) is 2. The summed E-state index contributed by atoms with van der Waals surface area (Å²) in [6.45, 7) is 5.70. The number of nitrogens with one attached hydrogen (secondary N) is 2. The van der Waals surface area contributed by atoms with Crippen molar-refractivity contribution in [3.63, 3.8) is 0 Å². The minimum absolute atomic E-state index is 0.0760. The number of fused-ring (bicyclic) bond motifs is 1. The summed E-state index contributed by atoms with van der Waals surface area (Å²) in [5, 5.41) is 6.99. The third-order valence-electron chi connectivity index (χ3n) is 4.76. The first-order valence-corrected chi connectivity index (χ1v) is 10.3. The first-order valence-electron chi connectivity index (χ1n) is 9.53. The molecule has 8 heteroatoms. The van der Waals surface area contributed by atoms with Crippen molar-refractivity contribution >= 4 is 23.1 Å². The van der Waals surface area contributed by atoms with E-state index in [1.165, 1.54) is 0 Å². The highest BCUT2D eigenvalue weighted by Gasteiger charge is 2.32. The molecule has 4 nitrogen and oxygen atoms in total. The summed E-state index contributed by atoms with van der Waals surface area (Å²) < 4.78 is 40.1. The van der Waals surface area contributed by atoms with Gasteiger partial charge in [0.05, 0.1) is 10.5 Å². The van der Waals surface area contributed by atoms with Crippen LogP contribution in [0.5, 0.6) is 0 Å². The van der Waals surface area contributed by atoms with E-state index in [-0.39, 0.29) is 16.8 Å². The molecule has 2 heterocycles. The molecule has 152 valence electrons. The number of alkyl halides is 3. The number of anilines is 1. The van der Waals surface area contributed by atoms with Crippen molar-refractivity contribution in [3.8, 4) is 0 Å². The number of aryl methyl sites for hydroxylation is 1. The average Bonchev–Trinajstić information content (AvgIpc) is 2.81. The van der Waals surface area contributed by atoms with Crippen LogP contribution in [0.15, 0.2) is 23.5 Å². The molecular formula is C19H29F3N4S. The Hall–Kier alpha value is -1.41. The maximum atomic E-state index is 12.8. The minimum atomic E-state index is -4.31. The lowest BCUT2D eigenvalue weighted by molar-refractivity contribution is -0.0330. The third-order valence-corrected chi connectivity index (χ3v) is 5.70. The van der Waals surface area contributed by atoms with Gasteiger partial charge in [-0.25, -0.2) is 4.98 Å². The predicted molar refractivity (Wildman–Crippen MR) is 107 cm³/mol. The van der Waals surface area contributed by atoms with E-state index in [4.69, 9.17) is 0 Å². The third kappa shape index (κ3) is 5.78. The van der Waals surface area contributed by atoms with E-state index in [9.17, 15) is 13.2 Å². The van der Waals surface area contributed by atoms with Crippen LogP contribution in [0.4, 0.5) is 19.0 Å².